The van der Waals surface area contributed by atoms with E-state index in [1.54, 1.807) is 19.2 Å². The zero-order valence-electron chi connectivity index (χ0n) is 9.84. The summed E-state index contributed by atoms with van der Waals surface area (Å²) in [5, 5.41) is 5.49. The topological polar surface area (TPSA) is 92.6 Å². The molecule has 0 aromatic rings. The van der Waals surface area contributed by atoms with Crippen LogP contribution in [0.5, 0.6) is 0 Å². The molecule has 17 heavy (non-hydrogen) atoms. The van der Waals surface area contributed by atoms with Crippen LogP contribution >= 0.6 is 0 Å². The number of hydrogen-bond acceptors (Lipinski definition) is 7. The molecule has 0 aromatic carbocycles. The van der Waals surface area contributed by atoms with E-state index in [9.17, 15) is 4.79 Å². The zero-order valence-corrected chi connectivity index (χ0v) is 9.84. The van der Waals surface area contributed by atoms with Gasteiger partial charge in [-0.05, 0) is 13.0 Å². The van der Waals surface area contributed by atoms with Gasteiger partial charge in [-0.25, -0.2) is 10.0 Å². The van der Waals surface area contributed by atoms with Crippen LogP contribution in [0.3, 0.4) is 0 Å². The molecule has 1 atom stereocenters. The van der Waals surface area contributed by atoms with Crippen molar-refractivity contribution in [1.29, 1.82) is 0 Å². The van der Waals surface area contributed by atoms with E-state index < -0.39 is 5.66 Å². The van der Waals surface area contributed by atoms with E-state index >= 15 is 0 Å². The summed E-state index contributed by atoms with van der Waals surface area (Å²) in [4.78, 5) is 19.6. The number of methoxy groups -OCH3 is 1. The molecule has 2 heterocycles. The Morgan fingerprint density at radius 2 is 2.29 bits per heavy atom. The van der Waals surface area contributed by atoms with Crippen LogP contribution < -0.4 is 5.73 Å². The average Bonchev–Trinajstić information content (AvgIpc) is 2.25. The number of carbonyl (C=O) groups is 1. The van der Waals surface area contributed by atoms with Gasteiger partial charge in [0.25, 0.3) is 5.96 Å². The van der Waals surface area contributed by atoms with Crippen LogP contribution in [0.1, 0.15) is 13.8 Å². The molecule has 0 radical (unpaired) electrons. The molecule has 0 fully saturated rings. The predicted molar refractivity (Wildman–Crippen MR) is 63.6 cm³/mol. The van der Waals surface area contributed by atoms with Crippen LogP contribution in [-0.2, 0) is 9.53 Å². The Labute approximate surface area is 98.4 Å². The van der Waals surface area contributed by atoms with Gasteiger partial charge in [0.15, 0.2) is 11.5 Å². The van der Waals surface area contributed by atoms with Crippen LogP contribution in [0, 0.1) is 0 Å². The quantitative estimate of drug-likeness (QED) is 0.684. The number of ether oxygens (including phenoxy) is 1. The third-order valence-electron chi connectivity index (χ3n) is 2.24. The van der Waals surface area contributed by atoms with E-state index in [0.717, 1.165) is 0 Å². The summed E-state index contributed by atoms with van der Waals surface area (Å²) in [5.74, 6) is 0.233. The van der Waals surface area contributed by atoms with Crippen LogP contribution in [-0.4, -0.2) is 41.1 Å². The molecule has 1 unspecified atom stereocenters. The highest BCUT2D eigenvalue weighted by molar-refractivity contribution is 6.66. The maximum atomic E-state index is 11.4. The van der Waals surface area contributed by atoms with Crippen LogP contribution in [0.4, 0.5) is 0 Å². The Bertz CT molecular complexity index is 487. The highest BCUT2D eigenvalue weighted by Gasteiger charge is 2.29. The normalized spacial score (nSPS) is 26.8. The molecule has 0 amide bonds. The van der Waals surface area contributed by atoms with E-state index in [4.69, 9.17) is 10.5 Å². The SMILES string of the molecule is COC1=NC2=NC(C)(N)C=CN2N=C1C(C)=O. The van der Waals surface area contributed by atoms with E-state index in [-0.39, 0.29) is 17.4 Å². The number of nitrogens with zero attached hydrogens (tertiary/aromatic N) is 4. The highest BCUT2D eigenvalue weighted by Crippen LogP contribution is 2.17. The van der Waals surface area contributed by atoms with Crippen LogP contribution in [0.15, 0.2) is 27.4 Å². The lowest BCUT2D eigenvalue weighted by Gasteiger charge is -2.27. The first kappa shape index (κ1) is 11.5. The van der Waals surface area contributed by atoms with Gasteiger partial charge in [0.1, 0.15) is 5.66 Å². The van der Waals surface area contributed by atoms with Gasteiger partial charge in [-0.1, -0.05) is 0 Å². The summed E-state index contributed by atoms with van der Waals surface area (Å²) in [5.41, 5.74) is 5.18. The molecule has 2 aliphatic heterocycles. The number of rotatable bonds is 1. The summed E-state index contributed by atoms with van der Waals surface area (Å²) in [7, 11) is 1.42. The highest BCUT2D eigenvalue weighted by atomic mass is 16.5. The van der Waals surface area contributed by atoms with Gasteiger partial charge in [-0.15, -0.1) is 0 Å². The first-order valence-electron chi connectivity index (χ1n) is 5.03. The summed E-state index contributed by atoms with van der Waals surface area (Å²) in [6, 6.07) is 0. The monoisotopic (exact) mass is 235 g/mol. The van der Waals surface area contributed by atoms with Crippen LogP contribution in [0.2, 0.25) is 0 Å². The number of hydrazone groups is 1. The van der Waals surface area contributed by atoms with Crippen molar-refractivity contribution >= 4 is 23.4 Å². The maximum absolute atomic E-state index is 11.4. The van der Waals surface area contributed by atoms with Crippen molar-refractivity contribution in [3.05, 3.63) is 12.3 Å². The molecule has 2 aliphatic rings. The predicted octanol–water partition coefficient (Wildman–Crippen LogP) is -0.150. The second-order valence-corrected chi connectivity index (χ2v) is 3.92. The molecule has 2 rings (SSSR count). The van der Waals surface area contributed by atoms with Gasteiger partial charge < -0.3 is 10.5 Å². The Balaban J connectivity index is 2.44. The molecule has 0 aromatic heterocycles. The molecule has 7 heteroatoms. The molecule has 0 aliphatic carbocycles. The van der Waals surface area contributed by atoms with Crippen LogP contribution in [0.25, 0.3) is 0 Å². The molecule has 90 valence electrons. The lowest BCUT2D eigenvalue weighted by atomic mass is 10.2. The molecular weight excluding hydrogens is 222 g/mol. The number of guanidine groups is 1. The van der Waals surface area contributed by atoms with Crippen molar-refractivity contribution in [3.8, 4) is 0 Å². The van der Waals surface area contributed by atoms with E-state index in [2.05, 4.69) is 15.1 Å². The third kappa shape index (κ3) is 2.09. The lowest BCUT2D eigenvalue weighted by molar-refractivity contribution is -0.111. The lowest BCUT2D eigenvalue weighted by Crippen LogP contribution is -2.42. The summed E-state index contributed by atoms with van der Waals surface area (Å²) in [6.07, 6.45) is 3.30. The number of ketones is 1. The fourth-order valence-corrected chi connectivity index (χ4v) is 1.40. The van der Waals surface area contributed by atoms with Gasteiger partial charge in [-0.2, -0.15) is 10.1 Å². The van der Waals surface area contributed by atoms with Gasteiger partial charge in [0.2, 0.25) is 5.90 Å². The number of nitrogens with two attached hydrogens (primary N) is 1. The number of hydrogen-bond donors (Lipinski definition) is 1. The van der Waals surface area contributed by atoms with E-state index in [1.807, 2.05) is 0 Å². The number of Topliss-reactive ketones (excluding diaryl/α,β-unsaturated/α-hetero) is 1. The number of aliphatic imine (C=N–C) groups is 2. The first-order valence-corrected chi connectivity index (χ1v) is 5.03. The Kier molecular flexibility index (Phi) is 2.55. The van der Waals surface area contributed by atoms with Crippen molar-refractivity contribution in [2.45, 2.75) is 19.5 Å². The maximum Gasteiger partial charge on any atom is 0.251 e. The van der Waals surface area contributed by atoms with Crippen molar-refractivity contribution < 1.29 is 9.53 Å². The minimum absolute atomic E-state index is 0.151. The zero-order chi connectivity index (χ0) is 12.6. The van der Waals surface area contributed by atoms with Crippen molar-refractivity contribution in [1.82, 2.24) is 5.01 Å². The molecule has 2 N–H and O–H groups in total. The van der Waals surface area contributed by atoms with Gasteiger partial charge in [0, 0.05) is 13.1 Å². The van der Waals surface area contributed by atoms with Gasteiger partial charge >= 0.3 is 0 Å². The number of carbonyl (C=O) groups excluding carboxylic acids is 1. The van der Waals surface area contributed by atoms with Crippen molar-refractivity contribution in [3.63, 3.8) is 0 Å². The fraction of sp³-hybridized carbons (Fsp3) is 0.400. The second-order valence-electron chi connectivity index (χ2n) is 3.92. The standard InChI is InChI=1S/C10H13N5O2/c1-6(16)7-8(17-3)12-9-13-10(2,11)4-5-15(9)14-7/h4-5H,11H2,1-3H3. The third-order valence-corrected chi connectivity index (χ3v) is 2.24. The molecule has 0 saturated carbocycles. The van der Waals surface area contributed by atoms with E-state index in [1.165, 1.54) is 19.0 Å². The molecule has 0 spiro atoms. The fourth-order valence-electron chi connectivity index (χ4n) is 1.40. The first-order chi connectivity index (χ1) is 7.93. The van der Waals surface area contributed by atoms with Gasteiger partial charge in [-0.3, -0.25) is 4.79 Å². The Morgan fingerprint density at radius 1 is 1.59 bits per heavy atom. The largest absolute Gasteiger partial charge is 0.479 e. The van der Waals surface area contributed by atoms with Crippen molar-refractivity contribution in [2.75, 3.05) is 7.11 Å². The minimum Gasteiger partial charge on any atom is -0.479 e. The Morgan fingerprint density at radius 3 is 2.88 bits per heavy atom. The Hall–Kier alpha value is -2.02. The van der Waals surface area contributed by atoms with Gasteiger partial charge in [0.05, 0.1) is 7.11 Å². The number of fused-ring (bicyclic) bond motifs is 1. The molecule has 0 saturated heterocycles. The minimum atomic E-state index is -0.822. The molecular formula is C10H13N5O2. The molecule has 0 bridgehead atoms. The summed E-state index contributed by atoms with van der Waals surface area (Å²) < 4.78 is 5.01. The second kappa shape index (κ2) is 3.77. The van der Waals surface area contributed by atoms with E-state index in [0.29, 0.717) is 5.96 Å². The summed E-state index contributed by atoms with van der Waals surface area (Å²) in [6.45, 7) is 3.14. The smallest absolute Gasteiger partial charge is 0.251 e. The summed E-state index contributed by atoms with van der Waals surface area (Å²) >= 11 is 0. The average molecular weight is 235 g/mol. The van der Waals surface area contributed by atoms with Crippen molar-refractivity contribution in [2.24, 2.45) is 20.8 Å². The molecule has 7 nitrogen and oxygen atoms in total.